The second-order valence-electron chi connectivity index (χ2n) is 7.04. The van der Waals surface area contributed by atoms with Gasteiger partial charge in [0.05, 0.1) is 0 Å². The van der Waals surface area contributed by atoms with E-state index >= 15 is 0 Å². The maximum Gasteiger partial charge on any atom is 0.311 e. The molecule has 0 radical (unpaired) electrons. The number of hydrogen-bond acceptors (Lipinski definition) is 3. The van der Waals surface area contributed by atoms with Crippen LogP contribution in [-0.4, -0.2) is 5.97 Å². The SMILES string of the molecule is CCCCCCCCCCCCCCCC(=O)Oc1ccc(N)cc1. The summed E-state index contributed by atoms with van der Waals surface area (Å²) >= 11 is 0. The van der Waals surface area contributed by atoms with Crippen molar-refractivity contribution in [2.45, 2.75) is 96.8 Å². The van der Waals surface area contributed by atoms with Gasteiger partial charge in [0, 0.05) is 12.1 Å². The highest BCUT2D eigenvalue weighted by molar-refractivity contribution is 5.72. The van der Waals surface area contributed by atoms with E-state index < -0.39 is 0 Å². The zero-order valence-electron chi connectivity index (χ0n) is 16.1. The molecule has 0 atom stereocenters. The molecule has 0 aromatic heterocycles. The average Bonchev–Trinajstić information content (AvgIpc) is 2.61. The molecule has 3 nitrogen and oxygen atoms in total. The van der Waals surface area contributed by atoms with E-state index in [1.165, 1.54) is 70.6 Å². The number of carbonyl (C=O) groups is 1. The van der Waals surface area contributed by atoms with Crippen molar-refractivity contribution in [3.8, 4) is 5.75 Å². The molecule has 0 aliphatic rings. The van der Waals surface area contributed by atoms with E-state index in [4.69, 9.17) is 10.5 Å². The minimum Gasteiger partial charge on any atom is -0.427 e. The summed E-state index contributed by atoms with van der Waals surface area (Å²) in [6.07, 6.45) is 17.5. The Bertz CT molecular complexity index is 442. The number of benzene rings is 1. The lowest BCUT2D eigenvalue weighted by atomic mass is 10.0. The molecule has 2 N–H and O–H groups in total. The number of anilines is 1. The van der Waals surface area contributed by atoms with Gasteiger partial charge < -0.3 is 10.5 Å². The molecule has 0 saturated heterocycles. The van der Waals surface area contributed by atoms with E-state index in [1.54, 1.807) is 24.3 Å². The molecular weight excluding hydrogens is 310 g/mol. The van der Waals surface area contributed by atoms with Crippen LogP contribution >= 0.6 is 0 Å². The topological polar surface area (TPSA) is 52.3 Å². The van der Waals surface area contributed by atoms with Gasteiger partial charge in [0.15, 0.2) is 0 Å². The summed E-state index contributed by atoms with van der Waals surface area (Å²) in [7, 11) is 0. The van der Waals surface area contributed by atoms with Crippen LogP contribution in [0.15, 0.2) is 24.3 Å². The molecule has 0 saturated carbocycles. The fourth-order valence-electron chi connectivity index (χ4n) is 3.01. The van der Waals surface area contributed by atoms with E-state index in [9.17, 15) is 4.79 Å². The van der Waals surface area contributed by atoms with E-state index in [0.29, 0.717) is 17.9 Å². The molecule has 0 unspecified atom stereocenters. The van der Waals surface area contributed by atoms with Crippen molar-refractivity contribution in [1.82, 2.24) is 0 Å². The number of esters is 1. The van der Waals surface area contributed by atoms with Gasteiger partial charge in [0.2, 0.25) is 0 Å². The van der Waals surface area contributed by atoms with Gasteiger partial charge in [-0.15, -0.1) is 0 Å². The molecule has 3 heteroatoms. The van der Waals surface area contributed by atoms with Gasteiger partial charge in [-0.25, -0.2) is 0 Å². The molecule has 0 fully saturated rings. The van der Waals surface area contributed by atoms with Crippen molar-refractivity contribution < 1.29 is 9.53 Å². The molecule has 0 spiro atoms. The Morgan fingerprint density at radius 2 is 1.20 bits per heavy atom. The lowest BCUT2D eigenvalue weighted by molar-refractivity contribution is -0.134. The van der Waals surface area contributed by atoms with Crippen molar-refractivity contribution in [2.75, 3.05) is 5.73 Å². The first-order valence-corrected chi connectivity index (χ1v) is 10.3. The van der Waals surface area contributed by atoms with Crippen molar-refractivity contribution in [3.63, 3.8) is 0 Å². The van der Waals surface area contributed by atoms with Crippen LogP contribution in [0, 0.1) is 0 Å². The molecule has 1 rings (SSSR count). The van der Waals surface area contributed by atoms with E-state index in [1.807, 2.05) is 0 Å². The van der Waals surface area contributed by atoms with Gasteiger partial charge in [-0.2, -0.15) is 0 Å². The molecule has 1 aromatic rings. The van der Waals surface area contributed by atoms with Gasteiger partial charge in [-0.05, 0) is 30.7 Å². The Hall–Kier alpha value is -1.51. The molecule has 0 bridgehead atoms. The lowest BCUT2D eigenvalue weighted by Gasteiger charge is -2.05. The third-order valence-electron chi connectivity index (χ3n) is 4.60. The molecule has 0 aliphatic heterocycles. The van der Waals surface area contributed by atoms with Crippen LogP contribution in [0.3, 0.4) is 0 Å². The quantitative estimate of drug-likeness (QED) is 0.167. The highest BCUT2D eigenvalue weighted by Crippen LogP contribution is 2.15. The third kappa shape index (κ3) is 12.5. The van der Waals surface area contributed by atoms with Crippen LogP contribution in [0.25, 0.3) is 0 Å². The summed E-state index contributed by atoms with van der Waals surface area (Å²) in [5.74, 6) is 0.432. The summed E-state index contributed by atoms with van der Waals surface area (Å²) in [6, 6.07) is 6.95. The largest absolute Gasteiger partial charge is 0.427 e. The van der Waals surface area contributed by atoms with Crippen LogP contribution in [0.1, 0.15) is 96.8 Å². The standard InChI is InChI=1S/C22H37NO2/c1-2-3-4-5-6-7-8-9-10-11-12-13-14-15-22(24)25-21-18-16-20(23)17-19-21/h16-19H,2-15,23H2,1H3. The van der Waals surface area contributed by atoms with Gasteiger partial charge >= 0.3 is 5.97 Å². The number of rotatable bonds is 15. The predicted molar refractivity (Wildman–Crippen MR) is 107 cm³/mol. The normalized spacial score (nSPS) is 10.8. The first kappa shape index (κ1) is 21.5. The predicted octanol–water partition coefficient (Wildman–Crippen LogP) is 6.66. The first-order chi connectivity index (χ1) is 12.2. The fraction of sp³-hybridized carbons (Fsp3) is 0.682. The van der Waals surface area contributed by atoms with E-state index in [2.05, 4.69) is 6.92 Å². The minimum atomic E-state index is -0.146. The summed E-state index contributed by atoms with van der Waals surface area (Å²) in [6.45, 7) is 2.27. The minimum absolute atomic E-state index is 0.146. The number of carbonyl (C=O) groups excluding carboxylic acids is 1. The lowest BCUT2D eigenvalue weighted by Crippen LogP contribution is -2.07. The number of unbranched alkanes of at least 4 members (excludes halogenated alkanes) is 12. The van der Waals surface area contributed by atoms with Crippen LogP contribution in [0.2, 0.25) is 0 Å². The van der Waals surface area contributed by atoms with Gasteiger partial charge in [0.25, 0.3) is 0 Å². The highest BCUT2D eigenvalue weighted by atomic mass is 16.5. The fourth-order valence-corrected chi connectivity index (χ4v) is 3.01. The van der Waals surface area contributed by atoms with Gasteiger partial charge in [0.1, 0.15) is 5.75 Å². The van der Waals surface area contributed by atoms with E-state index in [0.717, 1.165) is 12.8 Å². The monoisotopic (exact) mass is 347 g/mol. The summed E-state index contributed by atoms with van der Waals surface area (Å²) in [4.78, 5) is 11.7. The van der Waals surface area contributed by atoms with Crippen LogP contribution < -0.4 is 10.5 Å². The molecule has 25 heavy (non-hydrogen) atoms. The maximum absolute atomic E-state index is 11.7. The number of nitrogen functional groups attached to an aromatic ring is 1. The molecule has 142 valence electrons. The molecule has 0 heterocycles. The van der Waals surface area contributed by atoms with E-state index in [-0.39, 0.29) is 5.97 Å². The molecule has 0 amide bonds. The van der Waals surface area contributed by atoms with Gasteiger partial charge in [-0.3, -0.25) is 4.79 Å². The van der Waals surface area contributed by atoms with Crippen molar-refractivity contribution >= 4 is 11.7 Å². The Labute approximate surface area is 154 Å². The molecule has 1 aromatic carbocycles. The summed E-state index contributed by atoms with van der Waals surface area (Å²) in [5.41, 5.74) is 6.28. The molecule has 0 aliphatic carbocycles. The average molecular weight is 348 g/mol. The number of hydrogen-bond donors (Lipinski definition) is 1. The Morgan fingerprint density at radius 3 is 1.68 bits per heavy atom. The second-order valence-corrected chi connectivity index (χ2v) is 7.04. The van der Waals surface area contributed by atoms with Crippen molar-refractivity contribution in [2.24, 2.45) is 0 Å². The number of nitrogens with two attached hydrogens (primary N) is 1. The maximum atomic E-state index is 11.7. The van der Waals surface area contributed by atoms with Crippen molar-refractivity contribution in [1.29, 1.82) is 0 Å². The highest BCUT2D eigenvalue weighted by Gasteiger charge is 2.04. The second kappa shape index (κ2) is 14.8. The zero-order valence-corrected chi connectivity index (χ0v) is 16.1. The number of ether oxygens (including phenoxy) is 1. The van der Waals surface area contributed by atoms with Crippen LogP contribution in [0.4, 0.5) is 5.69 Å². The van der Waals surface area contributed by atoms with Gasteiger partial charge in [-0.1, -0.05) is 84.0 Å². The third-order valence-corrected chi connectivity index (χ3v) is 4.60. The Kier molecular flexibility index (Phi) is 12.7. The first-order valence-electron chi connectivity index (χ1n) is 10.3. The Balaban J connectivity index is 1.85. The van der Waals surface area contributed by atoms with Crippen molar-refractivity contribution in [3.05, 3.63) is 24.3 Å². The summed E-state index contributed by atoms with van der Waals surface area (Å²) < 4.78 is 5.28. The Morgan fingerprint density at radius 1 is 0.760 bits per heavy atom. The smallest absolute Gasteiger partial charge is 0.311 e. The molecular formula is C22H37NO2. The zero-order chi connectivity index (χ0) is 18.2. The summed E-state index contributed by atoms with van der Waals surface area (Å²) in [5, 5.41) is 0. The van der Waals surface area contributed by atoms with Crippen LogP contribution in [0.5, 0.6) is 5.75 Å². The van der Waals surface area contributed by atoms with Crippen LogP contribution in [-0.2, 0) is 4.79 Å².